The van der Waals surface area contributed by atoms with E-state index in [0.717, 1.165) is 18.6 Å². The third-order valence-electron chi connectivity index (χ3n) is 3.85. The van der Waals surface area contributed by atoms with Gasteiger partial charge in [0.2, 0.25) is 0 Å². The highest BCUT2D eigenvalue weighted by Gasteiger charge is 2.34. The van der Waals surface area contributed by atoms with E-state index >= 15 is 0 Å². The molecule has 17 heavy (non-hydrogen) atoms. The number of aromatic nitrogens is 1. The average Bonchev–Trinajstić information content (AvgIpc) is 2.76. The fourth-order valence-electron chi connectivity index (χ4n) is 3.15. The molecule has 2 aromatic rings. The van der Waals surface area contributed by atoms with Crippen LogP contribution >= 0.6 is 12.4 Å². The van der Waals surface area contributed by atoms with Gasteiger partial charge < -0.3 is 9.73 Å². The molecule has 2 heterocycles. The molecule has 2 atom stereocenters. The first kappa shape index (κ1) is 10.9. The second-order valence-corrected chi connectivity index (χ2v) is 4.78. The molecule has 1 aliphatic carbocycles. The maximum Gasteiger partial charge on any atom is 0.417 e. The Morgan fingerprint density at radius 3 is 2.65 bits per heavy atom. The Hall–Kier alpha value is -1.26. The number of benzene rings is 1. The minimum Gasteiger partial charge on any atom is -0.408 e. The van der Waals surface area contributed by atoms with Crippen LogP contribution in [0.25, 0.3) is 11.1 Å². The van der Waals surface area contributed by atoms with Crippen LogP contribution in [0.15, 0.2) is 21.3 Å². The zero-order chi connectivity index (χ0) is 10.7. The van der Waals surface area contributed by atoms with Crippen LogP contribution in [0.4, 0.5) is 0 Å². The molecule has 0 radical (unpaired) electrons. The molecule has 5 heteroatoms. The molecule has 1 aliphatic heterocycles. The van der Waals surface area contributed by atoms with E-state index in [2.05, 4.69) is 16.4 Å². The molecule has 1 aromatic carbocycles. The molecule has 0 spiro atoms. The summed E-state index contributed by atoms with van der Waals surface area (Å²) in [6.45, 7) is 2.10. The van der Waals surface area contributed by atoms with Crippen molar-refractivity contribution in [3.63, 3.8) is 0 Å². The molecule has 1 aromatic heterocycles. The van der Waals surface area contributed by atoms with Gasteiger partial charge in [0.25, 0.3) is 0 Å². The Kier molecular flexibility index (Phi) is 2.31. The number of piperidine rings is 1. The van der Waals surface area contributed by atoms with Gasteiger partial charge in [0, 0.05) is 13.1 Å². The molecule has 2 unspecified atom stereocenters. The molecule has 4 rings (SSSR count). The molecule has 90 valence electrons. The fraction of sp³-hybridized carbons (Fsp3) is 0.417. The number of H-pyrrole nitrogens is 1. The quantitative estimate of drug-likeness (QED) is 0.751. The second-order valence-electron chi connectivity index (χ2n) is 4.78. The number of halogens is 1. The number of rotatable bonds is 0. The average molecular weight is 253 g/mol. The summed E-state index contributed by atoms with van der Waals surface area (Å²) in [7, 11) is 0. The zero-order valence-corrected chi connectivity index (χ0v) is 9.97. The maximum absolute atomic E-state index is 11.1. The van der Waals surface area contributed by atoms with Crippen molar-refractivity contribution in [2.24, 2.45) is 0 Å². The third kappa shape index (κ3) is 1.44. The number of hydrogen-bond donors (Lipinski definition) is 2. The highest BCUT2D eigenvalue weighted by atomic mass is 35.5. The summed E-state index contributed by atoms with van der Waals surface area (Å²) in [6.07, 6.45) is 1.24. The van der Waals surface area contributed by atoms with E-state index in [0.29, 0.717) is 17.4 Å². The molecule has 0 saturated carbocycles. The number of oxazole rings is 1. The van der Waals surface area contributed by atoms with Crippen molar-refractivity contribution in [3.8, 4) is 0 Å². The van der Waals surface area contributed by atoms with Crippen molar-refractivity contribution >= 4 is 23.5 Å². The van der Waals surface area contributed by atoms with Gasteiger partial charge >= 0.3 is 5.76 Å². The van der Waals surface area contributed by atoms with Crippen LogP contribution in [0.1, 0.15) is 29.4 Å². The Morgan fingerprint density at radius 1 is 1.18 bits per heavy atom. The van der Waals surface area contributed by atoms with Crippen LogP contribution in [0.5, 0.6) is 0 Å². The normalized spacial score (nSPS) is 25.6. The topological polar surface area (TPSA) is 58.0 Å². The molecular weight excluding hydrogens is 240 g/mol. The van der Waals surface area contributed by atoms with Crippen LogP contribution < -0.4 is 11.1 Å². The first-order chi connectivity index (χ1) is 7.81. The summed E-state index contributed by atoms with van der Waals surface area (Å²) < 4.78 is 5.11. The van der Waals surface area contributed by atoms with Crippen LogP contribution in [0.2, 0.25) is 0 Å². The van der Waals surface area contributed by atoms with Gasteiger partial charge in [-0.3, -0.25) is 4.98 Å². The Labute approximate surface area is 104 Å². The van der Waals surface area contributed by atoms with Gasteiger partial charge in [-0.2, -0.15) is 0 Å². The first-order valence-corrected chi connectivity index (χ1v) is 5.68. The second kappa shape index (κ2) is 3.62. The van der Waals surface area contributed by atoms with Crippen LogP contribution in [0.3, 0.4) is 0 Å². The third-order valence-corrected chi connectivity index (χ3v) is 3.85. The van der Waals surface area contributed by atoms with Gasteiger partial charge in [0.1, 0.15) is 0 Å². The van der Waals surface area contributed by atoms with Gasteiger partial charge in [-0.1, -0.05) is 0 Å². The van der Waals surface area contributed by atoms with Gasteiger partial charge in [-0.15, -0.1) is 12.4 Å². The molecule has 1 fully saturated rings. The predicted molar refractivity (Wildman–Crippen MR) is 67.1 cm³/mol. The van der Waals surface area contributed by atoms with E-state index in [9.17, 15) is 4.79 Å². The summed E-state index contributed by atoms with van der Waals surface area (Å²) in [5, 5.41) is 3.45. The monoisotopic (exact) mass is 252 g/mol. The van der Waals surface area contributed by atoms with Crippen LogP contribution in [-0.2, 0) is 0 Å². The molecule has 4 nitrogen and oxygen atoms in total. The number of nitrogens with one attached hydrogen (secondary N) is 2. The lowest BCUT2D eigenvalue weighted by atomic mass is 9.98. The highest BCUT2D eigenvalue weighted by molar-refractivity contribution is 5.85. The zero-order valence-electron chi connectivity index (χ0n) is 9.16. The molecule has 2 N–H and O–H groups in total. The summed E-state index contributed by atoms with van der Waals surface area (Å²) in [5.41, 5.74) is 4.28. The van der Waals surface area contributed by atoms with Crippen molar-refractivity contribution < 1.29 is 4.42 Å². The summed E-state index contributed by atoms with van der Waals surface area (Å²) in [4.78, 5) is 13.9. The van der Waals surface area contributed by atoms with Crippen LogP contribution in [0, 0.1) is 0 Å². The molecule has 1 saturated heterocycles. The lowest BCUT2D eigenvalue weighted by Gasteiger charge is -2.19. The SMILES string of the molecule is Cl.O=c1[nH]c2cc3c(cc2o1)C1CNCC3C1. The predicted octanol–water partition coefficient (Wildman–Crippen LogP) is 1.72. The lowest BCUT2D eigenvalue weighted by molar-refractivity contribution is 0.453. The van der Waals surface area contributed by atoms with E-state index in [1.54, 1.807) is 0 Å². The highest BCUT2D eigenvalue weighted by Crippen LogP contribution is 2.44. The van der Waals surface area contributed by atoms with Gasteiger partial charge in [0.15, 0.2) is 5.58 Å². The smallest absolute Gasteiger partial charge is 0.408 e. The molecular formula is C12H13ClN2O2. The van der Waals surface area contributed by atoms with E-state index in [1.165, 1.54) is 17.5 Å². The van der Waals surface area contributed by atoms with E-state index in [-0.39, 0.29) is 18.2 Å². The Balaban J connectivity index is 0.000000902. The number of aromatic amines is 1. The maximum atomic E-state index is 11.1. The van der Waals surface area contributed by atoms with Gasteiger partial charge in [-0.05, 0) is 41.5 Å². The van der Waals surface area contributed by atoms with E-state index < -0.39 is 0 Å². The molecule has 2 aliphatic rings. The summed E-state index contributed by atoms with van der Waals surface area (Å²) in [5.74, 6) is 0.844. The standard InChI is InChI=1S/C12H12N2O2.ClH/c15-12-14-10-2-8-6-1-7(5-13-4-6)9(8)3-11(10)16-12;/h2-3,6-7,13H,1,4-5H2,(H,14,15);1H. The molecule has 2 bridgehead atoms. The molecule has 0 amide bonds. The first-order valence-electron chi connectivity index (χ1n) is 5.68. The largest absolute Gasteiger partial charge is 0.417 e. The van der Waals surface area contributed by atoms with Gasteiger partial charge in [0.05, 0.1) is 5.52 Å². The summed E-state index contributed by atoms with van der Waals surface area (Å²) >= 11 is 0. The Morgan fingerprint density at radius 2 is 1.88 bits per heavy atom. The Bertz CT molecular complexity index is 581. The summed E-state index contributed by atoms with van der Waals surface area (Å²) in [6, 6.07) is 4.13. The number of hydrogen-bond acceptors (Lipinski definition) is 3. The van der Waals surface area contributed by atoms with E-state index in [4.69, 9.17) is 4.42 Å². The minimum atomic E-state index is -0.359. The van der Waals surface area contributed by atoms with Crippen molar-refractivity contribution in [3.05, 3.63) is 33.8 Å². The van der Waals surface area contributed by atoms with Crippen molar-refractivity contribution in [2.75, 3.05) is 13.1 Å². The van der Waals surface area contributed by atoms with E-state index in [1.807, 2.05) is 6.07 Å². The van der Waals surface area contributed by atoms with Gasteiger partial charge in [-0.25, -0.2) is 4.79 Å². The van der Waals surface area contributed by atoms with Crippen molar-refractivity contribution in [1.29, 1.82) is 0 Å². The number of fused-ring (bicyclic) bond motifs is 6. The van der Waals surface area contributed by atoms with Crippen molar-refractivity contribution in [2.45, 2.75) is 18.3 Å². The van der Waals surface area contributed by atoms with Crippen molar-refractivity contribution in [1.82, 2.24) is 10.3 Å². The minimum absolute atomic E-state index is 0. The fourth-order valence-corrected chi connectivity index (χ4v) is 3.15. The lowest BCUT2D eigenvalue weighted by Crippen LogP contribution is -2.28. The van der Waals surface area contributed by atoms with Crippen LogP contribution in [-0.4, -0.2) is 18.1 Å².